The molecule has 3 rings (SSSR count). The predicted octanol–water partition coefficient (Wildman–Crippen LogP) is 2.46. The maximum absolute atomic E-state index is 12.8. The molecule has 1 atom stereocenters. The third-order valence-corrected chi connectivity index (χ3v) is 3.39. The van der Waals surface area contributed by atoms with E-state index in [1.165, 1.54) is 0 Å². The van der Waals surface area contributed by atoms with Gasteiger partial charge in [0.2, 0.25) is 0 Å². The highest BCUT2D eigenvalue weighted by molar-refractivity contribution is 6.00. The van der Waals surface area contributed by atoms with E-state index in [1.54, 1.807) is 36.7 Å². The van der Waals surface area contributed by atoms with E-state index in [1.807, 2.05) is 0 Å². The second-order valence-electron chi connectivity index (χ2n) is 4.86. The largest absolute Gasteiger partial charge is 0.352 e. The summed E-state index contributed by atoms with van der Waals surface area (Å²) in [7, 11) is 0. The molecule has 0 saturated heterocycles. The molecule has 1 heterocycles. The number of amides is 1. The fourth-order valence-electron chi connectivity index (χ4n) is 2.10. The Morgan fingerprint density at radius 3 is 2.85 bits per heavy atom. The second-order valence-corrected chi connectivity index (χ2v) is 4.86. The summed E-state index contributed by atoms with van der Waals surface area (Å²) in [6.07, 6.45) is 3.11. The quantitative estimate of drug-likeness (QED) is 0.902. The molecule has 2 N–H and O–H groups in total. The van der Waals surface area contributed by atoms with Crippen LogP contribution in [0.15, 0.2) is 36.7 Å². The fourth-order valence-corrected chi connectivity index (χ4v) is 2.10. The minimum Gasteiger partial charge on any atom is -0.352 e. The van der Waals surface area contributed by atoms with Gasteiger partial charge in [0.05, 0.1) is 5.56 Å². The summed E-state index contributed by atoms with van der Waals surface area (Å²) in [6, 6.07) is 6.94. The summed E-state index contributed by atoms with van der Waals surface area (Å²) in [5, 5.41) is 2.56. The van der Waals surface area contributed by atoms with Gasteiger partial charge in [-0.2, -0.15) is 0 Å². The monoisotopic (exact) mass is 277 g/mol. The molecule has 1 fully saturated rings. The van der Waals surface area contributed by atoms with Crippen LogP contribution < -0.4 is 5.32 Å². The molecule has 0 radical (unpaired) electrons. The van der Waals surface area contributed by atoms with E-state index < -0.39 is 11.8 Å². The van der Waals surface area contributed by atoms with Crippen molar-refractivity contribution >= 4 is 5.91 Å². The van der Waals surface area contributed by atoms with Crippen molar-refractivity contribution in [2.24, 2.45) is 5.92 Å². The second kappa shape index (κ2) is 4.70. The van der Waals surface area contributed by atoms with Crippen molar-refractivity contribution < 1.29 is 13.6 Å². The molecule has 4 nitrogen and oxygen atoms in total. The Bertz CT molecular complexity index is 625. The summed E-state index contributed by atoms with van der Waals surface area (Å²) in [5.74, 6) is -3.14. The summed E-state index contributed by atoms with van der Waals surface area (Å²) in [5.41, 5.74) is 1.07. The molecule has 1 aromatic heterocycles. The van der Waals surface area contributed by atoms with Crippen LogP contribution in [0.1, 0.15) is 16.8 Å². The Morgan fingerprint density at radius 2 is 2.20 bits per heavy atom. The Hall–Kier alpha value is -2.24. The number of carbonyl (C=O) groups excluding carboxylic acids is 1. The van der Waals surface area contributed by atoms with Gasteiger partial charge in [0.15, 0.2) is 0 Å². The lowest BCUT2D eigenvalue weighted by Crippen LogP contribution is -2.27. The van der Waals surface area contributed by atoms with Crippen LogP contribution in [0, 0.1) is 5.92 Å². The average Bonchev–Trinajstić information content (AvgIpc) is 2.84. The number of nitrogens with zero attached hydrogens (tertiary/aromatic N) is 1. The zero-order valence-corrected chi connectivity index (χ0v) is 10.6. The SMILES string of the molecule is O=C(NCC1CC1(F)F)c1ccccc1-c1ncc[nH]1. The summed E-state index contributed by atoms with van der Waals surface area (Å²) >= 11 is 0. The molecule has 1 amide bonds. The number of nitrogens with one attached hydrogen (secondary N) is 2. The van der Waals surface area contributed by atoms with Gasteiger partial charge < -0.3 is 10.3 Å². The third kappa shape index (κ3) is 2.41. The van der Waals surface area contributed by atoms with E-state index in [4.69, 9.17) is 0 Å². The van der Waals surface area contributed by atoms with E-state index >= 15 is 0 Å². The lowest BCUT2D eigenvalue weighted by molar-refractivity contribution is 0.0895. The van der Waals surface area contributed by atoms with Gasteiger partial charge in [-0.05, 0) is 6.07 Å². The maximum Gasteiger partial charge on any atom is 0.253 e. The maximum atomic E-state index is 12.8. The number of hydrogen-bond acceptors (Lipinski definition) is 2. The summed E-state index contributed by atoms with van der Waals surface area (Å²) in [4.78, 5) is 19.1. The number of rotatable bonds is 4. The van der Waals surface area contributed by atoms with Crippen LogP contribution in [0.2, 0.25) is 0 Å². The number of carbonyl (C=O) groups is 1. The van der Waals surface area contributed by atoms with E-state index in [9.17, 15) is 13.6 Å². The molecule has 1 saturated carbocycles. The van der Waals surface area contributed by atoms with Crippen LogP contribution in [-0.2, 0) is 0 Å². The molecule has 0 spiro atoms. The number of benzene rings is 1. The van der Waals surface area contributed by atoms with Gasteiger partial charge in [0.25, 0.3) is 11.8 Å². The smallest absolute Gasteiger partial charge is 0.253 e. The van der Waals surface area contributed by atoms with E-state index in [0.29, 0.717) is 17.0 Å². The zero-order chi connectivity index (χ0) is 14.2. The Morgan fingerprint density at radius 1 is 1.45 bits per heavy atom. The first-order valence-corrected chi connectivity index (χ1v) is 6.33. The van der Waals surface area contributed by atoms with Crippen molar-refractivity contribution in [3.05, 3.63) is 42.2 Å². The highest BCUT2D eigenvalue weighted by Gasteiger charge is 2.56. The lowest BCUT2D eigenvalue weighted by atomic mass is 10.1. The molecular weight excluding hydrogens is 264 g/mol. The normalized spacial score (nSPS) is 19.6. The number of alkyl halides is 2. The number of hydrogen-bond donors (Lipinski definition) is 2. The van der Waals surface area contributed by atoms with Crippen molar-refractivity contribution in [3.63, 3.8) is 0 Å². The van der Waals surface area contributed by atoms with Gasteiger partial charge in [-0.15, -0.1) is 0 Å². The summed E-state index contributed by atoms with van der Waals surface area (Å²) < 4.78 is 25.6. The van der Waals surface area contributed by atoms with Gasteiger partial charge in [0.1, 0.15) is 5.82 Å². The average molecular weight is 277 g/mol. The van der Waals surface area contributed by atoms with Gasteiger partial charge in [0, 0.05) is 36.8 Å². The van der Waals surface area contributed by atoms with Crippen molar-refractivity contribution in [2.45, 2.75) is 12.3 Å². The van der Waals surface area contributed by atoms with Crippen LogP contribution in [0.25, 0.3) is 11.4 Å². The molecule has 2 aromatic rings. The van der Waals surface area contributed by atoms with Crippen LogP contribution in [0.5, 0.6) is 0 Å². The first kappa shape index (κ1) is 12.8. The molecule has 1 aromatic carbocycles. The molecule has 1 aliphatic rings. The van der Waals surface area contributed by atoms with Crippen molar-refractivity contribution in [1.82, 2.24) is 15.3 Å². The van der Waals surface area contributed by atoms with E-state index in [-0.39, 0.29) is 18.9 Å². The lowest BCUT2D eigenvalue weighted by Gasteiger charge is -2.08. The molecule has 0 bridgehead atoms. The molecule has 104 valence electrons. The number of H-pyrrole nitrogens is 1. The molecule has 0 aliphatic heterocycles. The molecule has 6 heteroatoms. The standard InChI is InChI=1S/C14H13F2N3O/c15-14(16)7-9(14)8-19-13(20)11-4-2-1-3-10(11)12-17-5-6-18-12/h1-6,9H,7-8H2,(H,17,18)(H,19,20). The van der Waals surface area contributed by atoms with Crippen molar-refractivity contribution in [1.29, 1.82) is 0 Å². The van der Waals surface area contributed by atoms with Crippen LogP contribution in [0.3, 0.4) is 0 Å². The number of aromatic amines is 1. The molecular formula is C14H13F2N3O. The first-order valence-electron chi connectivity index (χ1n) is 6.33. The van der Waals surface area contributed by atoms with E-state index in [0.717, 1.165) is 0 Å². The van der Waals surface area contributed by atoms with Gasteiger partial charge >= 0.3 is 0 Å². The molecule has 1 aliphatic carbocycles. The number of imidazole rings is 1. The Labute approximate surface area is 114 Å². The topological polar surface area (TPSA) is 57.8 Å². The number of halogens is 2. The predicted molar refractivity (Wildman–Crippen MR) is 69.4 cm³/mol. The van der Waals surface area contributed by atoms with Gasteiger partial charge in [-0.1, -0.05) is 18.2 Å². The molecule has 1 unspecified atom stereocenters. The third-order valence-electron chi connectivity index (χ3n) is 3.39. The van der Waals surface area contributed by atoms with Crippen LogP contribution >= 0.6 is 0 Å². The zero-order valence-electron chi connectivity index (χ0n) is 10.6. The molecule has 20 heavy (non-hydrogen) atoms. The van der Waals surface area contributed by atoms with Gasteiger partial charge in [-0.25, -0.2) is 13.8 Å². The minimum absolute atomic E-state index is 0.00166. The van der Waals surface area contributed by atoms with Gasteiger partial charge in [-0.3, -0.25) is 4.79 Å². The van der Waals surface area contributed by atoms with E-state index in [2.05, 4.69) is 15.3 Å². The highest BCUT2D eigenvalue weighted by Crippen LogP contribution is 2.47. The Balaban J connectivity index is 1.75. The Kier molecular flexibility index (Phi) is 3.00. The van der Waals surface area contributed by atoms with Crippen LogP contribution in [-0.4, -0.2) is 28.3 Å². The minimum atomic E-state index is -2.62. The van der Waals surface area contributed by atoms with Crippen molar-refractivity contribution in [2.75, 3.05) is 6.54 Å². The summed E-state index contributed by atoms with van der Waals surface area (Å²) in [6.45, 7) is -0.00166. The first-order chi connectivity index (χ1) is 9.58. The number of aromatic nitrogens is 2. The van der Waals surface area contributed by atoms with Crippen molar-refractivity contribution in [3.8, 4) is 11.4 Å². The highest BCUT2D eigenvalue weighted by atomic mass is 19.3. The van der Waals surface area contributed by atoms with Crippen LogP contribution in [0.4, 0.5) is 8.78 Å². The fraction of sp³-hybridized carbons (Fsp3) is 0.286.